The van der Waals surface area contributed by atoms with Gasteiger partial charge in [0.05, 0.1) is 0 Å². The largest absolute Gasteiger partial charge is 0.343 e. The molecule has 2 heterocycles. The fourth-order valence-electron chi connectivity index (χ4n) is 4.92. The SMILES string of the molecule is CC1C=CC=CC1CN1C(=O)C(CCc2ccccc2)N(CCCN2CCCC2=O)C1=O. The maximum atomic E-state index is 13.4. The number of urea groups is 1. The van der Waals surface area contributed by atoms with Gasteiger partial charge in [0.2, 0.25) is 5.91 Å². The first kappa shape index (κ1) is 22.3. The first-order valence-electron chi connectivity index (χ1n) is 11.8. The number of imide groups is 1. The van der Waals surface area contributed by atoms with E-state index in [9.17, 15) is 14.4 Å². The van der Waals surface area contributed by atoms with E-state index in [1.807, 2.05) is 35.3 Å². The number of aryl methyl sites for hydroxylation is 1. The minimum Gasteiger partial charge on any atom is -0.343 e. The number of benzene rings is 1. The monoisotopic (exact) mass is 435 g/mol. The summed E-state index contributed by atoms with van der Waals surface area (Å²) in [4.78, 5) is 43.7. The van der Waals surface area contributed by atoms with E-state index >= 15 is 0 Å². The zero-order valence-corrected chi connectivity index (χ0v) is 18.9. The molecule has 6 nitrogen and oxygen atoms in total. The molecule has 2 fully saturated rings. The molecule has 1 aliphatic carbocycles. The number of nitrogens with zero attached hydrogens (tertiary/aromatic N) is 3. The van der Waals surface area contributed by atoms with Crippen molar-refractivity contribution in [3.05, 3.63) is 60.2 Å². The molecular weight excluding hydrogens is 402 g/mol. The van der Waals surface area contributed by atoms with Gasteiger partial charge in [0.15, 0.2) is 0 Å². The Morgan fingerprint density at radius 3 is 2.50 bits per heavy atom. The van der Waals surface area contributed by atoms with Crippen LogP contribution in [0.3, 0.4) is 0 Å². The number of hydrogen-bond donors (Lipinski definition) is 0. The van der Waals surface area contributed by atoms with Crippen molar-refractivity contribution in [1.29, 1.82) is 0 Å². The van der Waals surface area contributed by atoms with Crippen LogP contribution in [0.4, 0.5) is 4.79 Å². The van der Waals surface area contributed by atoms with Crippen LogP contribution in [-0.2, 0) is 16.0 Å². The predicted molar refractivity (Wildman–Crippen MR) is 124 cm³/mol. The molecule has 6 heteroatoms. The summed E-state index contributed by atoms with van der Waals surface area (Å²) in [6.45, 7) is 4.49. The molecule has 170 valence electrons. The number of allylic oxidation sites excluding steroid dienone is 3. The summed E-state index contributed by atoms with van der Waals surface area (Å²) >= 11 is 0. The van der Waals surface area contributed by atoms with E-state index < -0.39 is 6.04 Å². The second-order valence-corrected chi connectivity index (χ2v) is 9.10. The van der Waals surface area contributed by atoms with Crippen molar-refractivity contribution in [3.8, 4) is 0 Å². The highest BCUT2D eigenvalue weighted by atomic mass is 16.2. The number of likely N-dealkylation sites (tertiary alicyclic amines) is 1. The van der Waals surface area contributed by atoms with Crippen LogP contribution >= 0.6 is 0 Å². The second-order valence-electron chi connectivity index (χ2n) is 9.10. The Bertz CT molecular complexity index is 895. The van der Waals surface area contributed by atoms with E-state index in [1.165, 1.54) is 10.5 Å². The summed E-state index contributed by atoms with van der Waals surface area (Å²) in [7, 11) is 0. The van der Waals surface area contributed by atoms with Gasteiger partial charge in [-0.3, -0.25) is 14.5 Å². The second kappa shape index (κ2) is 10.2. The first-order chi connectivity index (χ1) is 15.5. The lowest BCUT2D eigenvalue weighted by Gasteiger charge is -2.25. The van der Waals surface area contributed by atoms with Gasteiger partial charge in [0, 0.05) is 38.5 Å². The summed E-state index contributed by atoms with van der Waals surface area (Å²) in [6, 6.07) is 9.48. The summed E-state index contributed by atoms with van der Waals surface area (Å²) in [5.74, 6) is 0.545. The molecule has 3 aliphatic rings. The molecule has 2 aliphatic heterocycles. The van der Waals surface area contributed by atoms with Gasteiger partial charge >= 0.3 is 6.03 Å². The van der Waals surface area contributed by atoms with E-state index in [1.54, 1.807) is 4.90 Å². The van der Waals surface area contributed by atoms with Crippen LogP contribution in [0.1, 0.15) is 38.2 Å². The molecule has 0 radical (unpaired) electrons. The molecular formula is C26H33N3O3. The quantitative estimate of drug-likeness (QED) is 0.557. The molecule has 4 rings (SSSR count). The molecule has 4 amide bonds. The Balaban J connectivity index is 1.43. The van der Waals surface area contributed by atoms with Crippen LogP contribution in [0, 0.1) is 11.8 Å². The minimum atomic E-state index is -0.435. The predicted octanol–water partition coefficient (Wildman–Crippen LogP) is 3.64. The average molecular weight is 436 g/mol. The Kier molecular flexibility index (Phi) is 7.08. The summed E-state index contributed by atoms with van der Waals surface area (Å²) in [5, 5.41) is 0. The molecule has 0 bridgehead atoms. The molecule has 0 spiro atoms. The van der Waals surface area contributed by atoms with E-state index in [0.29, 0.717) is 44.8 Å². The molecule has 1 aromatic rings. The van der Waals surface area contributed by atoms with Crippen molar-refractivity contribution < 1.29 is 14.4 Å². The van der Waals surface area contributed by atoms with Crippen molar-refractivity contribution in [2.24, 2.45) is 11.8 Å². The van der Waals surface area contributed by atoms with Gasteiger partial charge in [-0.1, -0.05) is 61.6 Å². The van der Waals surface area contributed by atoms with Gasteiger partial charge in [-0.05, 0) is 37.2 Å². The third kappa shape index (κ3) is 4.95. The van der Waals surface area contributed by atoms with Gasteiger partial charge in [-0.25, -0.2) is 4.79 Å². The molecule has 0 N–H and O–H groups in total. The number of carbonyl (C=O) groups is 3. The summed E-state index contributed by atoms with van der Waals surface area (Å²) in [6.07, 6.45) is 11.8. The zero-order chi connectivity index (χ0) is 22.5. The third-order valence-corrected chi connectivity index (χ3v) is 6.90. The number of carbonyl (C=O) groups excluding carboxylic acids is 3. The van der Waals surface area contributed by atoms with Gasteiger partial charge in [-0.2, -0.15) is 0 Å². The van der Waals surface area contributed by atoms with Gasteiger partial charge < -0.3 is 9.80 Å². The maximum absolute atomic E-state index is 13.4. The van der Waals surface area contributed by atoms with E-state index in [2.05, 4.69) is 31.2 Å². The maximum Gasteiger partial charge on any atom is 0.327 e. The molecule has 32 heavy (non-hydrogen) atoms. The zero-order valence-electron chi connectivity index (χ0n) is 18.9. The number of rotatable bonds is 9. The van der Waals surface area contributed by atoms with Gasteiger partial charge in [0.1, 0.15) is 6.04 Å². The normalized spacial score (nSPS) is 25.5. The first-order valence-corrected chi connectivity index (χ1v) is 11.8. The lowest BCUT2D eigenvalue weighted by atomic mass is 9.89. The van der Waals surface area contributed by atoms with Crippen LogP contribution in [-0.4, -0.2) is 64.8 Å². The smallest absolute Gasteiger partial charge is 0.327 e. The van der Waals surface area contributed by atoms with Crippen molar-refractivity contribution in [2.45, 2.75) is 45.1 Å². The molecule has 3 unspecified atom stereocenters. The molecule has 3 atom stereocenters. The number of amides is 4. The van der Waals surface area contributed by atoms with E-state index in [4.69, 9.17) is 0 Å². The van der Waals surface area contributed by atoms with Crippen molar-refractivity contribution in [3.63, 3.8) is 0 Å². The van der Waals surface area contributed by atoms with Crippen LogP contribution in [0.15, 0.2) is 54.6 Å². The Morgan fingerprint density at radius 2 is 1.78 bits per heavy atom. The molecule has 2 saturated heterocycles. The van der Waals surface area contributed by atoms with Gasteiger partial charge in [0.25, 0.3) is 5.91 Å². The lowest BCUT2D eigenvalue weighted by molar-refractivity contribution is -0.129. The highest BCUT2D eigenvalue weighted by molar-refractivity contribution is 6.04. The molecule has 0 saturated carbocycles. The average Bonchev–Trinajstić information content (AvgIpc) is 3.30. The van der Waals surface area contributed by atoms with Crippen LogP contribution in [0.2, 0.25) is 0 Å². The highest BCUT2D eigenvalue weighted by Crippen LogP contribution is 2.27. The Morgan fingerprint density at radius 1 is 1.00 bits per heavy atom. The van der Waals surface area contributed by atoms with E-state index in [0.717, 1.165) is 19.4 Å². The molecule has 0 aromatic heterocycles. The Labute approximate surface area is 190 Å². The summed E-state index contributed by atoms with van der Waals surface area (Å²) in [5.41, 5.74) is 1.17. The lowest BCUT2D eigenvalue weighted by Crippen LogP contribution is -2.39. The van der Waals surface area contributed by atoms with Crippen molar-refractivity contribution >= 4 is 17.8 Å². The van der Waals surface area contributed by atoms with Crippen molar-refractivity contribution in [2.75, 3.05) is 26.2 Å². The van der Waals surface area contributed by atoms with Crippen molar-refractivity contribution in [1.82, 2.24) is 14.7 Å². The van der Waals surface area contributed by atoms with Gasteiger partial charge in [-0.15, -0.1) is 0 Å². The fourth-order valence-corrected chi connectivity index (χ4v) is 4.92. The highest BCUT2D eigenvalue weighted by Gasteiger charge is 2.45. The molecule has 1 aromatic carbocycles. The van der Waals surface area contributed by atoms with E-state index in [-0.39, 0.29) is 23.8 Å². The van der Waals surface area contributed by atoms with Crippen LogP contribution < -0.4 is 0 Å². The third-order valence-electron chi connectivity index (χ3n) is 6.90. The standard InChI is InChI=1S/C26H33N3O3/c1-20-9-5-6-12-22(20)19-29-25(31)23(15-14-21-10-3-2-4-11-21)28(26(29)32)18-8-17-27-16-7-13-24(27)30/h2-6,9-12,20,22-23H,7-8,13-19H2,1H3. The Hall–Kier alpha value is -2.89. The fraction of sp³-hybridized carbons (Fsp3) is 0.500. The minimum absolute atomic E-state index is 0.0849. The van der Waals surface area contributed by atoms with Crippen LogP contribution in [0.5, 0.6) is 0 Å². The number of hydrogen-bond acceptors (Lipinski definition) is 3. The summed E-state index contributed by atoms with van der Waals surface area (Å²) < 4.78 is 0. The van der Waals surface area contributed by atoms with Crippen LogP contribution in [0.25, 0.3) is 0 Å². The topological polar surface area (TPSA) is 60.9 Å².